The number of rotatable bonds is 3. The van der Waals surface area contributed by atoms with E-state index in [-0.39, 0.29) is 11.9 Å². The zero-order valence-electron chi connectivity index (χ0n) is 12.7. The highest BCUT2D eigenvalue weighted by atomic mass is 35.5. The average Bonchev–Trinajstić information content (AvgIpc) is 3.07. The van der Waals surface area contributed by atoms with E-state index in [2.05, 4.69) is 15.2 Å². The quantitative estimate of drug-likeness (QED) is 0.926. The molecule has 1 atom stereocenters. The summed E-state index contributed by atoms with van der Waals surface area (Å²) in [6.07, 6.45) is 4.07. The van der Waals surface area contributed by atoms with Crippen LogP contribution in [0.25, 0.3) is 10.6 Å². The number of thiazole rings is 1. The third-order valence-corrected chi connectivity index (χ3v) is 6.09. The summed E-state index contributed by atoms with van der Waals surface area (Å²) in [5, 5.41) is 4.76. The predicted octanol–water partition coefficient (Wildman–Crippen LogP) is 3.29. The molecule has 1 amide bonds. The first-order valence-electron chi connectivity index (χ1n) is 7.94. The van der Waals surface area contributed by atoms with Crippen LogP contribution in [0.3, 0.4) is 0 Å². The molecule has 3 aliphatic rings. The number of hydrogen-bond acceptors (Lipinski definition) is 4. The van der Waals surface area contributed by atoms with Crippen molar-refractivity contribution in [3.8, 4) is 10.6 Å². The lowest BCUT2D eigenvalue weighted by molar-refractivity contribution is 0.0622. The van der Waals surface area contributed by atoms with Crippen LogP contribution in [0.15, 0.2) is 30.5 Å². The SMILES string of the molecule is O=C(N[C@H]1CN2CCC1CC2)c1cnc(-c2ccc(Cl)cc2)s1. The minimum absolute atomic E-state index is 0.00136. The highest BCUT2D eigenvalue weighted by Gasteiger charge is 2.35. The maximum Gasteiger partial charge on any atom is 0.263 e. The van der Waals surface area contributed by atoms with E-state index in [1.807, 2.05) is 24.3 Å². The Morgan fingerprint density at radius 2 is 2.00 bits per heavy atom. The zero-order chi connectivity index (χ0) is 15.8. The van der Waals surface area contributed by atoms with Crippen LogP contribution in [0.2, 0.25) is 5.02 Å². The maximum atomic E-state index is 12.5. The van der Waals surface area contributed by atoms with Crippen molar-refractivity contribution in [1.29, 1.82) is 0 Å². The number of fused-ring (bicyclic) bond motifs is 3. The number of halogens is 1. The van der Waals surface area contributed by atoms with Gasteiger partial charge in [0.15, 0.2) is 0 Å². The Hall–Kier alpha value is -1.43. The van der Waals surface area contributed by atoms with Gasteiger partial charge in [-0.3, -0.25) is 4.79 Å². The average molecular weight is 348 g/mol. The van der Waals surface area contributed by atoms with Crippen LogP contribution in [-0.4, -0.2) is 41.5 Å². The van der Waals surface area contributed by atoms with Crippen LogP contribution in [0.4, 0.5) is 0 Å². The molecule has 120 valence electrons. The molecule has 4 nitrogen and oxygen atoms in total. The van der Waals surface area contributed by atoms with Crippen LogP contribution in [0.1, 0.15) is 22.5 Å². The molecule has 23 heavy (non-hydrogen) atoms. The molecule has 0 radical (unpaired) electrons. The van der Waals surface area contributed by atoms with Gasteiger partial charge in [-0.15, -0.1) is 11.3 Å². The van der Waals surface area contributed by atoms with Gasteiger partial charge in [0.25, 0.3) is 5.91 Å². The molecule has 3 saturated heterocycles. The van der Waals surface area contributed by atoms with Crippen molar-refractivity contribution in [2.24, 2.45) is 5.92 Å². The van der Waals surface area contributed by atoms with Gasteiger partial charge in [0.2, 0.25) is 0 Å². The lowest BCUT2D eigenvalue weighted by Crippen LogP contribution is -2.57. The second kappa shape index (κ2) is 6.23. The third-order valence-electron chi connectivity index (χ3n) is 4.79. The smallest absolute Gasteiger partial charge is 0.263 e. The van der Waals surface area contributed by atoms with Crippen LogP contribution in [0, 0.1) is 5.92 Å². The number of nitrogens with one attached hydrogen (secondary N) is 1. The Balaban J connectivity index is 1.46. The van der Waals surface area contributed by atoms with Crippen molar-refractivity contribution in [2.45, 2.75) is 18.9 Å². The lowest BCUT2D eigenvalue weighted by atomic mass is 9.84. The van der Waals surface area contributed by atoms with Gasteiger partial charge >= 0.3 is 0 Å². The normalized spacial score (nSPS) is 26.2. The van der Waals surface area contributed by atoms with E-state index in [0.717, 1.165) is 17.1 Å². The maximum absolute atomic E-state index is 12.5. The van der Waals surface area contributed by atoms with Crippen LogP contribution >= 0.6 is 22.9 Å². The van der Waals surface area contributed by atoms with Gasteiger partial charge in [-0.1, -0.05) is 23.7 Å². The van der Waals surface area contributed by atoms with Crippen molar-refractivity contribution in [2.75, 3.05) is 19.6 Å². The number of benzene rings is 1. The topological polar surface area (TPSA) is 45.2 Å². The summed E-state index contributed by atoms with van der Waals surface area (Å²) in [5.74, 6) is 0.633. The summed E-state index contributed by atoms with van der Waals surface area (Å²) in [4.78, 5) is 20.0. The van der Waals surface area contributed by atoms with Crippen LogP contribution < -0.4 is 5.32 Å². The Morgan fingerprint density at radius 1 is 1.26 bits per heavy atom. The fourth-order valence-corrected chi connectivity index (χ4v) is 4.42. The van der Waals surface area contributed by atoms with E-state index in [1.54, 1.807) is 6.20 Å². The summed E-state index contributed by atoms with van der Waals surface area (Å²) < 4.78 is 0. The molecule has 6 heteroatoms. The standard InChI is InChI=1S/C17H18ClN3OS/c18-13-3-1-12(2-4-13)17-19-9-15(23-17)16(22)20-14-10-21-7-5-11(14)6-8-21/h1-4,9,11,14H,5-8,10H2,(H,20,22)/t14-/m0/s1. The Bertz CT molecular complexity index is 707. The van der Waals surface area contributed by atoms with Gasteiger partial charge in [0, 0.05) is 23.2 Å². The zero-order valence-corrected chi connectivity index (χ0v) is 14.2. The monoisotopic (exact) mass is 347 g/mol. The minimum Gasteiger partial charge on any atom is -0.347 e. The molecule has 0 saturated carbocycles. The molecule has 1 aromatic heterocycles. The van der Waals surface area contributed by atoms with Gasteiger partial charge in [0.05, 0.1) is 6.20 Å². The van der Waals surface area contributed by atoms with Crippen molar-refractivity contribution in [1.82, 2.24) is 15.2 Å². The van der Waals surface area contributed by atoms with E-state index < -0.39 is 0 Å². The molecule has 3 fully saturated rings. The molecule has 0 unspecified atom stereocenters. The van der Waals surface area contributed by atoms with Crippen LogP contribution in [-0.2, 0) is 0 Å². The van der Waals surface area contributed by atoms with Gasteiger partial charge in [-0.2, -0.15) is 0 Å². The third kappa shape index (κ3) is 3.13. The van der Waals surface area contributed by atoms with E-state index in [0.29, 0.717) is 15.8 Å². The molecular formula is C17H18ClN3OS. The fraction of sp³-hybridized carbons (Fsp3) is 0.412. The highest BCUT2D eigenvalue weighted by Crippen LogP contribution is 2.29. The van der Waals surface area contributed by atoms with E-state index in [9.17, 15) is 4.79 Å². The number of carbonyl (C=O) groups is 1. The first kappa shape index (κ1) is 15.1. The van der Waals surface area contributed by atoms with Crippen LogP contribution in [0.5, 0.6) is 0 Å². The second-order valence-electron chi connectivity index (χ2n) is 6.25. The lowest BCUT2D eigenvalue weighted by Gasteiger charge is -2.44. The van der Waals surface area contributed by atoms with Gasteiger partial charge in [0.1, 0.15) is 9.88 Å². The molecule has 4 heterocycles. The number of aromatic nitrogens is 1. The van der Waals surface area contributed by atoms with Crippen molar-refractivity contribution >= 4 is 28.8 Å². The molecule has 3 aliphatic heterocycles. The van der Waals surface area contributed by atoms with Gasteiger partial charge in [-0.25, -0.2) is 4.98 Å². The van der Waals surface area contributed by atoms with E-state index >= 15 is 0 Å². The predicted molar refractivity (Wildman–Crippen MR) is 93.0 cm³/mol. The number of nitrogens with zero attached hydrogens (tertiary/aromatic N) is 2. The molecule has 0 spiro atoms. The minimum atomic E-state index is 0.00136. The van der Waals surface area contributed by atoms with Gasteiger partial charge < -0.3 is 10.2 Å². The number of hydrogen-bond donors (Lipinski definition) is 1. The molecule has 1 N–H and O–H groups in total. The summed E-state index contributed by atoms with van der Waals surface area (Å²) >= 11 is 7.34. The second-order valence-corrected chi connectivity index (χ2v) is 7.72. The summed E-state index contributed by atoms with van der Waals surface area (Å²) in [7, 11) is 0. The Labute approximate surface area is 144 Å². The van der Waals surface area contributed by atoms with Crippen molar-refractivity contribution in [3.05, 3.63) is 40.4 Å². The first-order chi connectivity index (χ1) is 11.2. The van der Waals surface area contributed by atoms with E-state index in [1.165, 1.54) is 37.3 Å². The largest absolute Gasteiger partial charge is 0.347 e. The summed E-state index contributed by atoms with van der Waals surface area (Å²) in [6.45, 7) is 3.34. The van der Waals surface area contributed by atoms with Crippen molar-refractivity contribution in [3.63, 3.8) is 0 Å². The highest BCUT2D eigenvalue weighted by molar-refractivity contribution is 7.16. The molecular weight excluding hydrogens is 330 g/mol. The van der Waals surface area contributed by atoms with E-state index in [4.69, 9.17) is 11.6 Å². The molecule has 2 bridgehead atoms. The van der Waals surface area contributed by atoms with Gasteiger partial charge in [-0.05, 0) is 44.0 Å². The fourth-order valence-electron chi connectivity index (χ4n) is 3.47. The summed E-state index contributed by atoms with van der Waals surface area (Å²) in [5.41, 5.74) is 0.987. The number of piperidine rings is 3. The molecule has 2 aromatic rings. The number of carbonyl (C=O) groups excluding carboxylic acids is 1. The Morgan fingerprint density at radius 3 is 2.65 bits per heavy atom. The Kier molecular flexibility index (Phi) is 4.09. The van der Waals surface area contributed by atoms with Crippen molar-refractivity contribution < 1.29 is 4.79 Å². The molecule has 0 aliphatic carbocycles. The number of amides is 1. The summed E-state index contributed by atoms with van der Waals surface area (Å²) in [6, 6.07) is 7.81. The molecule has 5 rings (SSSR count). The molecule has 1 aromatic carbocycles. The first-order valence-corrected chi connectivity index (χ1v) is 9.13.